The smallest absolute Gasteiger partial charge is 0.240 e. The lowest BCUT2D eigenvalue weighted by molar-refractivity contribution is -0.133. The van der Waals surface area contributed by atoms with Gasteiger partial charge in [0, 0.05) is 24.2 Å². The van der Waals surface area contributed by atoms with Crippen LogP contribution in [0.1, 0.15) is 32.1 Å². The van der Waals surface area contributed by atoms with E-state index in [0.29, 0.717) is 30.4 Å². The van der Waals surface area contributed by atoms with Crippen molar-refractivity contribution in [2.45, 2.75) is 44.2 Å². The molecular weight excluding hydrogens is 364 g/mol. The lowest BCUT2D eigenvalue weighted by atomic mass is 9.96. The van der Waals surface area contributed by atoms with Crippen molar-refractivity contribution in [1.82, 2.24) is 19.8 Å². The van der Waals surface area contributed by atoms with Gasteiger partial charge in [0.25, 0.3) is 0 Å². The standard InChI is InChI=1S/C23H28N4O2/c28-23-21(10-13-27(23)19-6-7-19)26-11-8-17(9-12-26)15-29-22-14-20(24-16-25-22)18-4-2-1-3-5-18/h1-5,14,16-17,19,21H,6-13,15H2. The Bertz CT molecular complexity index is 847. The minimum Gasteiger partial charge on any atom is -0.477 e. The van der Waals surface area contributed by atoms with Crippen molar-refractivity contribution in [3.8, 4) is 17.1 Å². The fourth-order valence-corrected chi connectivity index (χ4v) is 4.59. The predicted octanol–water partition coefficient (Wildman–Crippen LogP) is 3.00. The van der Waals surface area contributed by atoms with Crippen LogP contribution in [0.2, 0.25) is 0 Å². The molecular formula is C23H28N4O2. The van der Waals surface area contributed by atoms with Gasteiger partial charge in [-0.3, -0.25) is 9.69 Å². The Balaban J connectivity index is 1.12. The summed E-state index contributed by atoms with van der Waals surface area (Å²) in [6.45, 7) is 3.60. The highest BCUT2D eigenvalue weighted by Crippen LogP contribution is 2.33. The van der Waals surface area contributed by atoms with Crippen LogP contribution in [0.15, 0.2) is 42.7 Å². The first kappa shape index (κ1) is 18.6. The SMILES string of the molecule is O=C1C(N2CCC(COc3cc(-c4ccccc4)ncn3)CC2)CCN1C1CC1. The summed E-state index contributed by atoms with van der Waals surface area (Å²) in [6, 6.07) is 12.7. The molecule has 0 bridgehead atoms. The van der Waals surface area contributed by atoms with Gasteiger partial charge < -0.3 is 9.64 Å². The van der Waals surface area contributed by atoms with E-state index in [1.54, 1.807) is 6.33 Å². The van der Waals surface area contributed by atoms with Crippen molar-refractivity contribution in [3.05, 3.63) is 42.7 Å². The minimum atomic E-state index is 0.118. The number of ether oxygens (including phenoxy) is 1. The molecule has 6 heteroatoms. The van der Waals surface area contributed by atoms with Crippen LogP contribution < -0.4 is 4.74 Å². The van der Waals surface area contributed by atoms with Crippen LogP contribution in [0, 0.1) is 5.92 Å². The third-order valence-corrected chi connectivity index (χ3v) is 6.47. The average molecular weight is 393 g/mol. The van der Waals surface area contributed by atoms with E-state index in [9.17, 15) is 4.79 Å². The van der Waals surface area contributed by atoms with Crippen LogP contribution in [-0.4, -0.2) is 64.0 Å². The van der Waals surface area contributed by atoms with Crippen molar-refractivity contribution in [1.29, 1.82) is 0 Å². The van der Waals surface area contributed by atoms with Gasteiger partial charge >= 0.3 is 0 Å². The number of hydrogen-bond donors (Lipinski definition) is 0. The molecule has 152 valence electrons. The molecule has 1 aromatic heterocycles. The minimum absolute atomic E-state index is 0.118. The summed E-state index contributed by atoms with van der Waals surface area (Å²) in [5, 5.41) is 0. The van der Waals surface area contributed by atoms with Crippen molar-refractivity contribution >= 4 is 5.91 Å². The van der Waals surface area contributed by atoms with Gasteiger partial charge in [0.1, 0.15) is 6.33 Å². The normalized spacial score (nSPS) is 23.5. The first-order chi connectivity index (χ1) is 14.3. The first-order valence-corrected chi connectivity index (χ1v) is 10.8. The number of carbonyl (C=O) groups excluding carboxylic acids is 1. The van der Waals surface area contributed by atoms with E-state index >= 15 is 0 Å². The zero-order chi connectivity index (χ0) is 19.6. The summed E-state index contributed by atoms with van der Waals surface area (Å²) >= 11 is 0. The highest BCUT2D eigenvalue weighted by Gasteiger charge is 2.43. The zero-order valence-corrected chi connectivity index (χ0v) is 16.7. The Morgan fingerprint density at radius 2 is 1.76 bits per heavy atom. The second kappa shape index (κ2) is 8.11. The van der Waals surface area contributed by atoms with Crippen molar-refractivity contribution in [2.75, 3.05) is 26.2 Å². The molecule has 2 saturated heterocycles. The molecule has 1 amide bonds. The summed E-state index contributed by atoms with van der Waals surface area (Å²) in [5.41, 5.74) is 1.94. The summed E-state index contributed by atoms with van der Waals surface area (Å²) in [6.07, 6.45) is 7.12. The monoisotopic (exact) mass is 392 g/mol. The molecule has 0 N–H and O–H groups in total. The van der Waals surface area contributed by atoms with Crippen LogP contribution in [0.3, 0.4) is 0 Å². The molecule has 5 rings (SSSR count). The van der Waals surface area contributed by atoms with E-state index in [1.165, 1.54) is 12.8 Å². The molecule has 2 aliphatic heterocycles. The molecule has 3 fully saturated rings. The molecule has 1 aromatic carbocycles. The Labute approximate surface area is 171 Å². The second-order valence-electron chi connectivity index (χ2n) is 8.47. The van der Waals surface area contributed by atoms with E-state index in [-0.39, 0.29) is 6.04 Å². The summed E-state index contributed by atoms with van der Waals surface area (Å²) in [7, 11) is 0. The maximum Gasteiger partial charge on any atom is 0.240 e. The second-order valence-corrected chi connectivity index (χ2v) is 8.47. The molecule has 0 radical (unpaired) electrons. The van der Waals surface area contributed by atoms with Gasteiger partial charge in [-0.1, -0.05) is 30.3 Å². The largest absolute Gasteiger partial charge is 0.477 e. The number of aromatic nitrogens is 2. The summed E-state index contributed by atoms with van der Waals surface area (Å²) in [5.74, 6) is 1.52. The Kier molecular flexibility index (Phi) is 5.19. The van der Waals surface area contributed by atoms with E-state index in [1.807, 2.05) is 36.4 Å². The molecule has 2 aromatic rings. The molecule has 1 unspecified atom stereocenters. The van der Waals surface area contributed by atoms with Crippen LogP contribution in [0.4, 0.5) is 0 Å². The maximum atomic E-state index is 12.7. The van der Waals surface area contributed by atoms with Crippen LogP contribution >= 0.6 is 0 Å². The molecule has 0 spiro atoms. The fourth-order valence-electron chi connectivity index (χ4n) is 4.59. The van der Waals surface area contributed by atoms with Gasteiger partial charge in [-0.25, -0.2) is 9.97 Å². The fraction of sp³-hybridized carbons (Fsp3) is 0.522. The van der Waals surface area contributed by atoms with Crippen molar-refractivity contribution in [2.24, 2.45) is 5.92 Å². The summed E-state index contributed by atoms with van der Waals surface area (Å²) < 4.78 is 6.00. The van der Waals surface area contributed by atoms with Gasteiger partial charge in [0.05, 0.1) is 18.3 Å². The first-order valence-electron chi connectivity index (χ1n) is 10.8. The summed E-state index contributed by atoms with van der Waals surface area (Å²) in [4.78, 5) is 25.8. The lowest BCUT2D eigenvalue weighted by Crippen LogP contribution is -2.46. The van der Waals surface area contributed by atoms with E-state index in [4.69, 9.17) is 4.74 Å². The molecule has 3 aliphatic rings. The third-order valence-electron chi connectivity index (χ3n) is 6.47. The van der Waals surface area contributed by atoms with Gasteiger partial charge in [0.2, 0.25) is 11.8 Å². The number of amides is 1. The van der Waals surface area contributed by atoms with Crippen LogP contribution in [-0.2, 0) is 4.79 Å². The van der Waals surface area contributed by atoms with E-state index in [0.717, 1.165) is 50.2 Å². The number of hydrogen-bond acceptors (Lipinski definition) is 5. The Hall–Kier alpha value is -2.47. The maximum absolute atomic E-state index is 12.7. The average Bonchev–Trinajstić information content (AvgIpc) is 3.55. The van der Waals surface area contributed by atoms with Gasteiger partial charge in [-0.15, -0.1) is 0 Å². The van der Waals surface area contributed by atoms with Crippen LogP contribution in [0.25, 0.3) is 11.3 Å². The van der Waals surface area contributed by atoms with E-state index < -0.39 is 0 Å². The van der Waals surface area contributed by atoms with E-state index in [2.05, 4.69) is 19.8 Å². The van der Waals surface area contributed by atoms with Crippen LogP contribution in [0.5, 0.6) is 5.88 Å². The number of nitrogens with zero attached hydrogens (tertiary/aromatic N) is 4. The highest BCUT2D eigenvalue weighted by molar-refractivity contribution is 5.84. The number of likely N-dealkylation sites (tertiary alicyclic amines) is 2. The molecule has 1 atom stereocenters. The van der Waals surface area contributed by atoms with Crippen molar-refractivity contribution in [3.63, 3.8) is 0 Å². The number of rotatable bonds is 6. The zero-order valence-electron chi connectivity index (χ0n) is 16.7. The molecule has 29 heavy (non-hydrogen) atoms. The topological polar surface area (TPSA) is 58.6 Å². The van der Waals surface area contributed by atoms with Gasteiger partial charge in [-0.05, 0) is 51.1 Å². The van der Waals surface area contributed by atoms with Crippen molar-refractivity contribution < 1.29 is 9.53 Å². The van der Waals surface area contributed by atoms with Gasteiger partial charge in [0.15, 0.2) is 0 Å². The highest BCUT2D eigenvalue weighted by atomic mass is 16.5. The number of benzene rings is 1. The third kappa shape index (κ3) is 4.13. The Morgan fingerprint density at radius 3 is 2.52 bits per heavy atom. The lowest BCUT2D eigenvalue weighted by Gasteiger charge is -2.35. The molecule has 6 nitrogen and oxygen atoms in total. The Morgan fingerprint density at radius 1 is 0.966 bits per heavy atom. The number of piperidine rings is 1. The molecule has 3 heterocycles. The van der Waals surface area contributed by atoms with Gasteiger partial charge in [-0.2, -0.15) is 0 Å². The predicted molar refractivity (Wildman–Crippen MR) is 110 cm³/mol. The number of carbonyl (C=O) groups is 1. The quantitative estimate of drug-likeness (QED) is 0.756. The molecule has 1 aliphatic carbocycles. The molecule has 1 saturated carbocycles.